The number of nitrogens with one attached hydrogen (secondary N) is 1. The van der Waals surface area contributed by atoms with Gasteiger partial charge in [0.25, 0.3) is 11.8 Å². The van der Waals surface area contributed by atoms with Crippen LogP contribution >= 0.6 is 0 Å². The standard InChI is InChI=1S/C23H21F5N4O/c24-22(25)7-10-32(11-8-22)19(17-4-6-20(30-13-17)23(26,27)28)14-31-21(33)16-3-5-18-15(12-16)2-1-9-29-18/h1-6,9,12-13,19H,7-8,10-11,14H2,(H,31,33). The van der Waals surface area contributed by atoms with Gasteiger partial charge in [0.05, 0.1) is 11.6 Å². The fourth-order valence-electron chi connectivity index (χ4n) is 3.90. The highest BCUT2D eigenvalue weighted by Crippen LogP contribution is 2.33. The molecule has 0 aliphatic carbocycles. The van der Waals surface area contributed by atoms with Crippen LogP contribution in [0, 0.1) is 0 Å². The largest absolute Gasteiger partial charge is 0.433 e. The average molecular weight is 464 g/mol. The maximum atomic E-state index is 13.7. The van der Waals surface area contributed by atoms with Crippen LogP contribution in [0.5, 0.6) is 0 Å². The van der Waals surface area contributed by atoms with Crippen LogP contribution in [0.1, 0.15) is 40.5 Å². The predicted molar refractivity (Wildman–Crippen MR) is 112 cm³/mol. The summed E-state index contributed by atoms with van der Waals surface area (Å²) in [5, 5.41) is 3.57. The highest BCUT2D eigenvalue weighted by atomic mass is 19.4. The van der Waals surface area contributed by atoms with Crippen molar-refractivity contribution < 1.29 is 26.7 Å². The molecule has 1 unspecified atom stereocenters. The first-order valence-electron chi connectivity index (χ1n) is 10.4. The van der Waals surface area contributed by atoms with Gasteiger partial charge in [-0.1, -0.05) is 12.1 Å². The number of halogens is 5. The van der Waals surface area contributed by atoms with Gasteiger partial charge in [-0.05, 0) is 35.9 Å². The third-order valence-corrected chi connectivity index (χ3v) is 5.75. The molecule has 1 N–H and O–H groups in total. The van der Waals surface area contributed by atoms with E-state index in [1.54, 1.807) is 35.4 Å². The fraction of sp³-hybridized carbons (Fsp3) is 0.348. The van der Waals surface area contributed by atoms with E-state index >= 15 is 0 Å². The number of hydrogen-bond acceptors (Lipinski definition) is 4. The van der Waals surface area contributed by atoms with Gasteiger partial charge in [-0.25, -0.2) is 8.78 Å². The fourth-order valence-corrected chi connectivity index (χ4v) is 3.90. The predicted octanol–water partition coefficient (Wildman–Crippen LogP) is 4.85. The third kappa shape index (κ3) is 5.44. The molecule has 0 radical (unpaired) electrons. The number of carbonyl (C=O) groups is 1. The number of likely N-dealkylation sites (tertiary alicyclic amines) is 1. The molecule has 33 heavy (non-hydrogen) atoms. The van der Waals surface area contributed by atoms with Gasteiger partial charge in [-0.15, -0.1) is 0 Å². The van der Waals surface area contributed by atoms with Gasteiger partial charge >= 0.3 is 6.18 Å². The van der Waals surface area contributed by atoms with Crippen molar-refractivity contribution in [2.45, 2.75) is 31.0 Å². The van der Waals surface area contributed by atoms with Crippen molar-refractivity contribution in [3.63, 3.8) is 0 Å². The highest BCUT2D eigenvalue weighted by molar-refractivity contribution is 5.97. The first-order chi connectivity index (χ1) is 15.6. The van der Waals surface area contributed by atoms with Crippen LogP contribution in [0.15, 0.2) is 54.9 Å². The van der Waals surface area contributed by atoms with E-state index in [0.717, 1.165) is 23.2 Å². The average Bonchev–Trinajstić information content (AvgIpc) is 2.79. The number of benzene rings is 1. The number of hydrogen-bond donors (Lipinski definition) is 1. The summed E-state index contributed by atoms with van der Waals surface area (Å²) in [5.41, 5.74) is 0.502. The Balaban J connectivity index is 1.53. The Labute approximate surface area is 186 Å². The number of pyridine rings is 2. The Bertz CT molecular complexity index is 1120. The number of piperidine rings is 1. The van der Waals surface area contributed by atoms with Crippen LogP contribution in [0.3, 0.4) is 0 Å². The van der Waals surface area contributed by atoms with Crippen LogP contribution < -0.4 is 5.32 Å². The highest BCUT2D eigenvalue weighted by Gasteiger charge is 2.37. The molecule has 3 aromatic rings. The van der Waals surface area contributed by atoms with Crippen molar-refractivity contribution >= 4 is 16.8 Å². The molecule has 1 saturated heterocycles. The normalized spacial score (nSPS) is 17.6. The van der Waals surface area contributed by atoms with E-state index in [2.05, 4.69) is 15.3 Å². The molecule has 0 spiro atoms. The minimum absolute atomic E-state index is 0.0303. The van der Waals surface area contributed by atoms with Gasteiger partial charge in [0.2, 0.25) is 0 Å². The van der Waals surface area contributed by atoms with Crippen LogP contribution in [-0.2, 0) is 6.18 Å². The minimum atomic E-state index is -4.58. The summed E-state index contributed by atoms with van der Waals surface area (Å²) in [5.74, 6) is -3.16. The van der Waals surface area contributed by atoms with Crippen LogP contribution in [0.4, 0.5) is 22.0 Å². The molecule has 0 bridgehead atoms. The van der Waals surface area contributed by atoms with Gasteiger partial charge < -0.3 is 5.32 Å². The molecular formula is C23H21F5N4O. The van der Waals surface area contributed by atoms with E-state index in [-0.39, 0.29) is 38.4 Å². The Hall–Kier alpha value is -3.14. The second-order valence-corrected chi connectivity index (χ2v) is 8.00. The number of alkyl halides is 5. The van der Waals surface area contributed by atoms with E-state index in [1.165, 1.54) is 6.07 Å². The molecule has 5 nitrogen and oxygen atoms in total. The monoisotopic (exact) mass is 464 g/mol. The summed E-state index contributed by atoms with van der Waals surface area (Å²) in [4.78, 5) is 22.2. The van der Waals surface area contributed by atoms with Crippen molar-refractivity contribution in [1.29, 1.82) is 0 Å². The molecule has 174 valence electrons. The Morgan fingerprint density at radius 3 is 2.52 bits per heavy atom. The summed E-state index contributed by atoms with van der Waals surface area (Å²) in [7, 11) is 0. The van der Waals surface area contributed by atoms with Crippen LogP contribution in [0.2, 0.25) is 0 Å². The van der Waals surface area contributed by atoms with Gasteiger partial charge in [0.1, 0.15) is 5.69 Å². The Morgan fingerprint density at radius 1 is 1.09 bits per heavy atom. The zero-order valence-electron chi connectivity index (χ0n) is 17.4. The van der Waals surface area contributed by atoms with Crippen molar-refractivity contribution in [3.05, 3.63) is 71.7 Å². The second kappa shape index (κ2) is 9.01. The molecule has 1 atom stereocenters. The molecule has 1 aliphatic rings. The lowest BCUT2D eigenvalue weighted by Gasteiger charge is -2.37. The van der Waals surface area contributed by atoms with Crippen LogP contribution in [0.25, 0.3) is 10.9 Å². The topological polar surface area (TPSA) is 58.1 Å². The number of rotatable bonds is 5. The quantitative estimate of drug-likeness (QED) is 0.549. The summed E-state index contributed by atoms with van der Waals surface area (Å²) in [6, 6.07) is 10.2. The SMILES string of the molecule is O=C(NCC(c1ccc(C(F)(F)F)nc1)N1CCC(F)(F)CC1)c1ccc2ncccc2c1. The lowest BCUT2D eigenvalue weighted by molar-refractivity contribution is -0.141. The summed E-state index contributed by atoms with van der Waals surface area (Å²) < 4.78 is 66.0. The number of carbonyl (C=O) groups excluding carboxylic acids is 1. The minimum Gasteiger partial charge on any atom is -0.350 e. The molecular weight excluding hydrogens is 443 g/mol. The molecule has 1 amide bonds. The molecule has 4 rings (SSSR count). The third-order valence-electron chi connectivity index (χ3n) is 5.75. The van der Waals surface area contributed by atoms with Crippen molar-refractivity contribution in [2.75, 3.05) is 19.6 Å². The first kappa shape index (κ1) is 23.0. The van der Waals surface area contributed by atoms with E-state index in [0.29, 0.717) is 11.1 Å². The van der Waals surface area contributed by atoms with E-state index in [9.17, 15) is 26.7 Å². The number of amides is 1. The number of fused-ring (bicyclic) bond motifs is 1. The maximum Gasteiger partial charge on any atom is 0.433 e. The van der Waals surface area contributed by atoms with Crippen molar-refractivity contribution in [3.8, 4) is 0 Å². The van der Waals surface area contributed by atoms with Gasteiger partial charge in [-0.3, -0.25) is 19.7 Å². The summed E-state index contributed by atoms with van der Waals surface area (Å²) in [6.07, 6.45) is -2.56. The number of aromatic nitrogens is 2. The molecule has 3 heterocycles. The Kier molecular flexibility index (Phi) is 6.29. The van der Waals surface area contributed by atoms with E-state index in [4.69, 9.17) is 0 Å². The van der Waals surface area contributed by atoms with E-state index < -0.39 is 23.8 Å². The Morgan fingerprint density at radius 2 is 1.85 bits per heavy atom. The van der Waals surface area contributed by atoms with Gasteiger partial charge in [0, 0.05) is 55.8 Å². The summed E-state index contributed by atoms with van der Waals surface area (Å²) >= 11 is 0. The molecule has 1 fully saturated rings. The second-order valence-electron chi connectivity index (χ2n) is 8.00. The zero-order chi connectivity index (χ0) is 23.6. The molecule has 10 heteroatoms. The molecule has 1 aromatic carbocycles. The molecule has 2 aromatic heterocycles. The van der Waals surface area contributed by atoms with E-state index in [1.807, 2.05) is 6.07 Å². The zero-order valence-corrected chi connectivity index (χ0v) is 17.4. The molecule has 0 saturated carbocycles. The van der Waals surface area contributed by atoms with Crippen molar-refractivity contribution in [2.24, 2.45) is 0 Å². The molecule has 1 aliphatic heterocycles. The number of nitrogens with zero attached hydrogens (tertiary/aromatic N) is 3. The van der Waals surface area contributed by atoms with Gasteiger partial charge in [-0.2, -0.15) is 13.2 Å². The lowest BCUT2D eigenvalue weighted by atomic mass is 10.0. The maximum absolute atomic E-state index is 13.7. The van der Waals surface area contributed by atoms with Crippen molar-refractivity contribution in [1.82, 2.24) is 20.2 Å². The smallest absolute Gasteiger partial charge is 0.350 e. The lowest BCUT2D eigenvalue weighted by Crippen LogP contribution is -2.45. The van der Waals surface area contributed by atoms with Crippen LogP contribution in [-0.4, -0.2) is 46.3 Å². The first-order valence-corrected chi connectivity index (χ1v) is 10.4. The van der Waals surface area contributed by atoms with Gasteiger partial charge in [0.15, 0.2) is 0 Å². The summed E-state index contributed by atoms with van der Waals surface area (Å²) in [6.45, 7) is 0.134.